The van der Waals surface area contributed by atoms with Crippen LogP contribution >= 0.6 is 27.5 Å². The molecule has 0 saturated heterocycles. The molecule has 6 heteroatoms. The van der Waals surface area contributed by atoms with Crippen LogP contribution in [0.25, 0.3) is 0 Å². The lowest BCUT2D eigenvalue weighted by atomic mass is 10.2. The Bertz CT molecular complexity index is 628. The molecule has 1 N–H and O–H groups in total. The summed E-state index contributed by atoms with van der Waals surface area (Å²) < 4.78 is 8.37. The largest absolute Gasteiger partial charge is 0.491 e. The number of nitrogens with one attached hydrogen (secondary N) is 1. The molecule has 0 radical (unpaired) electrons. The quantitative estimate of drug-likeness (QED) is 0.816. The van der Waals surface area contributed by atoms with E-state index in [2.05, 4.69) is 33.3 Å². The Labute approximate surface area is 138 Å². The Morgan fingerprint density at radius 1 is 1.38 bits per heavy atom. The fourth-order valence-electron chi connectivity index (χ4n) is 2.20. The topological polar surface area (TPSA) is 39.1 Å². The highest BCUT2D eigenvalue weighted by molar-refractivity contribution is 9.10. The van der Waals surface area contributed by atoms with Crippen LogP contribution in [0.4, 0.5) is 5.69 Å². The first-order valence-corrected chi connectivity index (χ1v) is 8.09. The molecule has 0 atom stereocenters. The molecule has 0 spiro atoms. The highest BCUT2D eigenvalue weighted by atomic mass is 79.9. The molecule has 1 heterocycles. The van der Waals surface area contributed by atoms with Gasteiger partial charge >= 0.3 is 0 Å². The van der Waals surface area contributed by atoms with Gasteiger partial charge in [-0.1, -0.05) is 18.5 Å². The molecule has 0 unspecified atom stereocenters. The zero-order valence-corrected chi connectivity index (χ0v) is 14.8. The van der Waals surface area contributed by atoms with Crippen molar-refractivity contribution in [2.75, 3.05) is 11.9 Å². The summed E-state index contributed by atoms with van der Waals surface area (Å²) in [5.41, 5.74) is 3.16. The summed E-state index contributed by atoms with van der Waals surface area (Å²) in [5, 5.41) is 8.50. The molecule has 1 aromatic heterocycles. The molecule has 2 aromatic rings. The van der Waals surface area contributed by atoms with E-state index in [9.17, 15) is 0 Å². The van der Waals surface area contributed by atoms with Crippen LogP contribution in [0.2, 0.25) is 5.02 Å². The van der Waals surface area contributed by atoms with Crippen molar-refractivity contribution < 1.29 is 4.74 Å². The van der Waals surface area contributed by atoms with E-state index in [1.807, 2.05) is 37.0 Å². The van der Waals surface area contributed by atoms with Crippen molar-refractivity contribution in [1.82, 2.24) is 9.78 Å². The Hall–Kier alpha value is -1.20. The highest BCUT2D eigenvalue weighted by Gasteiger charge is 2.12. The number of benzene rings is 1. The average molecular weight is 373 g/mol. The molecule has 0 fully saturated rings. The summed E-state index contributed by atoms with van der Waals surface area (Å²) in [4.78, 5) is 0. The Morgan fingerprint density at radius 3 is 2.81 bits per heavy atom. The van der Waals surface area contributed by atoms with Crippen molar-refractivity contribution in [3.8, 4) is 5.75 Å². The van der Waals surface area contributed by atoms with Crippen molar-refractivity contribution in [3.63, 3.8) is 0 Å². The molecule has 0 aliphatic carbocycles. The zero-order valence-electron chi connectivity index (χ0n) is 12.4. The van der Waals surface area contributed by atoms with Crippen LogP contribution in [0.1, 0.15) is 25.1 Å². The summed E-state index contributed by atoms with van der Waals surface area (Å²) in [7, 11) is 1.93. The number of aromatic nitrogens is 2. The van der Waals surface area contributed by atoms with Gasteiger partial charge in [0, 0.05) is 30.4 Å². The van der Waals surface area contributed by atoms with Gasteiger partial charge in [0.1, 0.15) is 0 Å². The molecular formula is C15H19BrClN3O. The second kappa shape index (κ2) is 7.18. The van der Waals surface area contributed by atoms with Crippen molar-refractivity contribution >= 4 is 33.2 Å². The third kappa shape index (κ3) is 3.92. The molecule has 0 amide bonds. The van der Waals surface area contributed by atoms with Gasteiger partial charge in [-0.15, -0.1) is 0 Å². The van der Waals surface area contributed by atoms with E-state index in [1.54, 1.807) is 0 Å². The first kappa shape index (κ1) is 16.2. The van der Waals surface area contributed by atoms with E-state index in [0.717, 1.165) is 28.0 Å². The van der Waals surface area contributed by atoms with Gasteiger partial charge in [0.05, 0.1) is 22.5 Å². The molecule has 0 bridgehead atoms. The van der Waals surface area contributed by atoms with Gasteiger partial charge in [-0.3, -0.25) is 4.68 Å². The van der Waals surface area contributed by atoms with E-state index >= 15 is 0 Å². The Kier molecular flexibility index (Phi) is 5.53. The van der Waals surface area contributed by atoms with Crippen molar-refractivity contribution in [3.05, 3.63) is 39.1 Å². The SMILES string of the molecule is CCOc1c(Br)cc(Cl)cc1NCc1cn(C)nc1CC. The van der Waals surface area contributed by atoms with Crippen molar-refractivity contribution in [2.24, 2.45) is 7.05 Å². The minimum atomic E-state index is 0.599. The molecule has 4 nitrogen and oxygen atoms in total. The fraction of sp³-hybridized carbons (Fsp3) is 0.400. The molecule has 114 valence electrons. The van der Waals surface area contributed by atoms with Crippen LogP contribution in [0.5, 0.6) is 5.75 Å². The van der Waals surface area contributed by atoms with E-state index in [4.69, 9.17) is 16.3 Å². The molecule has 1 aromatic carbocycles. The van der Waals surface area contributed by atoms with Crippen LogP contribution in [-0.4, -0.2) is 16.4 Å². The Morgan fingerprint density at radius 2 is 2.14 bits per heavy atom. The minimum absolute atomic E-state index is 0.599. The summed E-state index contributed by atoms with van der Waals surface area (Å²) >= 11 is 9.62. The number of ether oxygens (including phenoxy) is 1. The third-order valence-electron chi connectivity index (χ3n) is 3.09. The zero-order chi connectivity index (χ0) is 15.4. The number of halogens is 2. The van der Waals surface area contributed by atoms with Gasteiger partial charge < -0.3 is 10.1 Å². The lowest BCUT2D eigenvalue weighted by molar-refractivity contribution is 0.339. The molecular weight excluding hydrogens is 354 g/mol. The van der Waals surface area contributed by atoms with Crippen LogP contribution in [-0.2, 0) is 20.0 Å². The molecule has 0 aliphatic rings. The fourth-order valence-corrected chi connectivity index (χ4v) is 3.13. The maximum Gasteiger partial charge on any atom is 0.156 e. The normalized spacial score (nSPS) is 10.7. The van der Waals surface area contributed by atoms with Crippen molar-refractivity contribution in [2.45, 2.75) is 26.8 Å². The van der Waals surface area contributed by atoms with Crippen LogP contribution < -0.4 is 10.1 Å². The standard InChI is InChI=1S/C15H19BrClN3O/c1-4-13-10(9-20(3)19-13)8-18-14-7-11(17)6-12(16)15(14)21-5-2/h6-7,9,18H,4-5,8H2,1-3H3. The maximum atomic E-state index is 6.12. The summed E-state index contributed by atoms with van der Waals surface area (Å²) in [6.45, 7) is 5.35. The van der Waals surface area contributed by atoms with E-state index in [-0.39, 0.29) is 0 Å². The third-order valence-corrected chi connectivity index (χ3v) is 3.90. The maximum absolute atomic E-state index is 6.12. The first-order valence-electron chi connectivity index (χ1n) is 6.92. The summed E-state index contributed by atoms with van der Waals surface area (Å²) in [5.74, 6) is 0.781. The predicted octanol–water partition coefficient (Wildman–Crippen LogP) is 4.41. The van der Waals surface area contributed by atoms with Crippen LogP contribution in [0.15, 0.2) is 22.8 Å². The number of hydrogen-bond acceptors (Lipinski definition) is 3. The number of nitrogens with zero attached hydrogens (tertiary/aromatic N) is 2. The summed E-state index contributed by atoms with van der Waals surface area (Å²) in [6.07, 6.45) is 2.95. The number of rotatable bonds is 6. The van der Waals surface area contributed by atoms with Gasteiger partial charge in [0.25, 0.3) is 0 Å². The van der Waals surface area contributed by atoms with E-state index in [1.165, 1.54) is 5.56 Å². The number of anilines is 1. The second-order valence-corrected chi connectivity index (χ2v) is 5.97. The first-order chi connectivity index (χ1) is 10.0. The molecule has 0 aliphatic heterocycles. The van der Waals surface area contributed by atoms with E-state index in [0.29, 0.717) is 18.2 Å². The van der Waals surface area contributed by atoms with Gasteiger partial charge in [0.15, 0.2) is 5.75 Å². The number of aryl methyl sites for hydroxylation is 2. The van der Waals surface area contributed by atoms with Crippen LogP contribution in [0, 0.1) is 0 Å². The van der Waals surface area contributed by atoms with Gasteiger partial charge in [0.2, 0.25) is 0 Å². The predicted molar refractivity (Wildman–Crippen MR) is 90.2 cm³/mol. The lowest BCUT2D eigenvalue weighted by Gasteiger charge is -2.14. The monoisotopic (exact) mass is 371 g/mol. The second-order valence-electron chi connectivity index (χ2n) is 4.68. The lowest BCUT2D eigenvalue weighted by Crippen LogP contribution is -2.04. The van der Waals surface area contributed by atoms with E-state index < -0.39 is 0 Å². The van der Waals surface area contributed by atoms with Crippen LogP contribution in [0.3, 0.4) is 0 Å². The smallest absolute Gasteiger partial charge is 0.156 e. The average Bonchev–Trinajstić information content (AvgIpc) is 2.80. The molecule has 21 heavy (non-hydrogen) atoms. The Balaban J connectivity index is 2.22. The molecule has 2 rings (SSSR count). The summed E-state index contributed by atoms with van der Waals surface area (Å²) in [6, 6.07) is 3.71. The minimum Gasteiger partial charge on any atom is -0.491 e. The highest BCUT2D eigenvalue weighted by Crippen LogP contribution is 2.36. The van der Waals surface area contributed by atoms with Gasteiger partial charge in [-0.2, -0.15) is 5.10 Å². The van der Waals surface area contributed by atoms with Gasteiger partial charge in [-0.05, 0) is 41.4 Å². The molecule has 0 saturated carbocycles. The van der Waals surface area contributed by atoms with Crippen molar-refractivity contribution in [1.29, 1.82) is 0 Å². The number of hydrogen-bond donors (Lipinski definition) is 1. The van der Waals surface area contributed by atoms with Gasteiger partial charge in [-0.25, -0.2) is 0 Å².